The largest absolute Gasteiger partial charge is 0.737 e. The lowest BCUT2D eigenvalue weighted by Gasteiger charge is -2.30. The summed E-state index contributed by atoms with van der Waals surface area (Å²) in [5.41, 5.74) is 3.28. The van der Waals surface area contributed by atoms with Gasteiger partial charge in [0.25, 0.3) is 17.4 Å². The highest BCUT2D eigenvalue weighted by Gasteiger charge is 2.52. The normalized spacial score (nSPS) is 13.8. The zero-order valence-electron chi connectivity index (χ0n) is 48.5. The van der Waals surface area contributed by atoms with Crippen LogP contribution in [0.2, 0.25) is 0 Å². The van der Waals surface area contributed by atoms with Crippen molar-refractivity contribution in [1.82, 2.24) is 50.2 Å². The average molecular weight is 1220 g/mol. The molecule has 7 aromatic rings. The number of aliphatic hydroxyl groups is 1. The minimum atomic E-state index is -4.18. The highest BCUT2D eigenvalue weighted by molar-refractivity contribution is 7.12. The highest BCUT2D eigenvalue weighted by atomic mass is 32.1. The molecule has 0 radical (unpaired) electrons. The van der Waals surface area contributed by atoms with E-state index < -0.39 is 60.5 Å². The Hall–Kier alpha value is -9.69. The number of fused-ring (bicyclic) bond motifs is 3. The summed E-state index contributed by atoms with van der Waals surface area (Å²) in [7, 11) is 0. The molecule has 22 nitrogen and oxygen atoms in total. The zero-order valence-corrected chi connectivity index (χ0v) is 49.3. The van der Waals surface area contributed by atoms with Crippen LogP contribution in [0.1, 0.15) is 79.8 Å². The molecule has 2 atom stereocenters. The van der Waals surface area contributed by atoms with E-state index in [1.807, 2.05) is 31.4 Å². The second-order valence-corrected chi connectivity index (χ2v) is 21.9. The third kappa shape index (κ3) is 15.3. The van der Waals surface area contributed by atoms with Gasteiger partial charge in [-0.1, -0.05) is 56.7 Å². The van der Waals surface area contributed by atoms with Crippen LogP contribution in [0.5, 0.6) is 17.2 Å². The maximum absolute atomic E-state index is 16.2. The minimum Gasteiger partial charge on any atom is -0.508 e. The third-order valence-electron chi connectivity index (χ3n) is 14.6. The van der Waals surface area contributed by atoms with E-state index >= 15 is 8.63 Å². The number of aryl methyl sites for hydroxylation is 1. The molecular weight excluding hydrogens is 1160 g/mol. The number of nitrogens with zero attached hydrogens (tertiary/aromatic N) is 5. The van der Waals surface area contributed by atoms with E-state index in [0.29, 0.717) is 96.4 Å². The number of thiophene rings is 1. The van der Waals surface area contributed by atoms with Gasteiger partial charge in [-0.15, -0.1) is 11.3 Å². The number of halogens is 2. The molecule has 460 valence electrons. The number of phenols is 1. The number of benzene rings is 3. The van der Waals surface area contributed by atoms with Crippen molar-refractivity contribution in [3.63, 3.8) is 0 Å². The minimum absolute atomic E-state index is 0.00333. The van der Waals surface area contributed by atoms with Crippen LogP contribution in [0.3, 0.4) is 0 Å². The number of rotatable bonds is 30. The van der Waals surface area contributed by atoms with Crippen molar-refractivity contribution in [2.75, 3.05) is 39.5 Å². The summed E-state index contributed by atoms with van der Waals surface area (Å²) in [5.74, 6) is -1.62. The summed E-state index contributed by atoms with van der Waals surface area (Å²) < 4.78 is 48.6. The monoisotopic (exact) mass is 1220 g/mol. The molecule has 0 saturated carbocycles. The first-order valence-electron chi connectivity index (χ1n) is 29.1. The van der Waals surface area contributed by atoms with Crippen molar-refractivity contribution in [3.05, 3.63) is 169 Å². The number of phenolic OH excluding ortho intramolecular Hbond substituents is 1. The number of amides is 5. The number of nitrogens with one attached hydrogen (secondary N) is 6. The van der Waals surface area contributed by atoms with Crippen LogP contribution in [0.4, 0.5) is 8.63 Å². The number of hydrogen-bond acceptors (Lipinski definition) is 13. The number of imidazole rings is 1. The average Bonchev–Trinajstić information content (AvgIpc) is 1.58. The summed E-state index contributed by atoms with van der Waals surface area (Å²) in [4.78, 5) is 99.8. The Morgan fingerprint density at radius 3 is 2.11 bits per heavy atom. The first-order chi connectivity index (χ1) is 42.5. The molecule has 2 aliphatic rings. The van der Waals surface area contributed by atoms with E-state index in [1.54, 1.807) is 103 Å². The fourth-order valence-corrected chi connectivity index (χ4v) is 10.9. The van der Waals surface area contributed by atoms with Crippen LogP contribution < -0.4 is 47.3 Å². The lowest BCUT2D eigenvalue weighted by atomic mass is 9.90. The second kappa shape index (κ2) is 29.1. The Balaban J connectivity index is 0.664. The molecular formula is C62H68BF2N11O11S. The quantitative estimate of drug-likeness (QED) is 0.0210. The maximum atomic E-state index is 16.2. The predicted octanol–water partition coefficient (Wildman–Crippen LogP) is 5.33. The molecule has 0 unspecified atom stereocenters. The summed E-state index contributed by atoms with van der Waals surface area (Å²) in [6.07, 6.45) is 11.4. The standard InChI is InChI=1S/C62H68BF2N11O11S/c1-3-32-73-58-56(61(84)74(33-4-2)62(73)85)71-57(72-58)42-16-26-48(27-17-42)87-39-55(81)67-30-31-68-59(82)50(37-77)70-60(83)49(35-41-12-22-46(78)23-13-41)69-53(79)10-6-5-7-29-66-54(80)38-86-47-24-14-40(15-25-47)11-18-43-19-20-44-36-45-21-28-51(52-9-8-34-88-52)76(45)63(64,65)75(43)44/h8-9,11-28,34,36,49-50,77-78H,3-7,10,29-33,35,37-39H2,1-2H3,(H,66,80)(H,67,81)(H,68,82)(H,69,79)(H,70,83)(H,71,72)/b18-11+/t49-,50-/m0/s1. The Kier molecular flexibility index (Phi) is 20.8. The fourth-order valence-electron chi connectivity index (χ4n) is 10.2. The molecule has 26 heteroatoms. The molecule has 0 aliphatic carbocycles. The number of carbonyl (C=O) groups is 5. The fraction of sp³-hybridized carbons (Fsp3) is 0.306. The number of allylic oxidation sites excluding steroid dienone is 2. The molecule has 0 fully saturated rings. The summed E-state index contributed by atoms with van der Waals surface area (Å²) in [6, 6.07) is 24.0. The molecule has 9 rings (SSSR count). The molecule has 3 aromatic carbocycles. The molecule has 4 aromatic heterocycles. The SMILES string of the molecule is CCCn1c(=O)c2[nH]c(-c3ccc(OCC(=O)NCCNC(=O)[C@H](CO)NC(=O)[C@H](Cc4ccc(O)cc4)NC(=O)CCCCCNC(=O)COc4ccc(/C=C/c5ccc6n5[B-](F)(F)[N+]5=C(c7cccs7)C=CC5=C6)cc4)cc3)nc2n(CCC)c1=O. The smallest absolute Gasteiger partial charge is 0.508 e. The highest BCUT2D eigenvalue weighted by Crippen LogP contribution is 2.35. The van der Waals surface area contributed by atoms with Gasteiger partial charge in [-0.25, -0.2) is 9.78 Å². The molecule has 0 saturated heterocycles. The van der Waals surface area contributed by atoms with Crippen molar-refractivity contribution in [2.45, 2.75) is 84.0 Å². The van der Waals surface area contributed by atoms with Crippen LogP contribution in [-0.4, -0.2) is 132 Å². The predicted molar refractivity (Wildman–Crippen MR) is 331 cm³/mol. The number of ether oxygens (including phenoxy) is 2. The number of unbranched alkanes of at least 4 members (excludes halogenated alkanes) is 2. The van der Waals surface area contributed by atoms with Crippen molar-refractivity contribution < 1.29 is 56.8 Å². The van der Waals surface area contributed by atoms with Gasteiger partial charge in [0.15, 0.2) is 30.3 Å². The molecule has 5 amide bonds. The Morgan fingerprint density at radius 2 is 1.43 bits per heavy atom. The number of aliphatic hydroxyl groups excluding tert-OH is 1. The van der Waals surface area contributed by atoms with Gasteiger partial charge >= 0.3 is 12.7 Å². The van der Waals surface area contributed by atoms with E-state index in [2.05, 4.69) is 36.6 Å². The van der Waals surface area contributed by atoms with Crippen molar-refractivity contribution in [2.24, 2.45) is 0 Å². The van der Waals surface area contributed by atoms with Crippen LogP contribution in [0, 0.1) is 0 Å². The van der Waals surface area contributed by atoms with Gasteiger partial charge < -0.3 is 68.9 Å². The van der Waals surface area contributed by atoms with Crippen molar-refractivity contribution in [1.29, 1.82) is 0 Å². The Morgan fingerprint density at radius 1 is 0.750 bits per heavy atom. The number of aromatic hydroxyl groups is 1. The summed E-state index contributed by atoms with van der Waals surface area (Å²) in [6.45, 7) is -0.848. The number of hydrogen-bond donors (Lipinski definition) is 8. The van der Waals surface area contributed by atoms with Crippen LogP contribution in [-0.2, 0) is 43.5 Å². The number of aromatic nitrogens is 5. The molecule has 6 heterocycles. The van der Waals surface area contributed by atoms with Gasteiger partial charge in [-0.05, 0) is 115 Å². The van der Waals surface area contributed by atoms with Gasteiger partial charge in [0, 0.05) is 80.7 Å². The zero-order chi connectivity index (χ0) is 62.3. The summed E-state index contributed by atoms with van der Waals surface area (Å²) in [5, 5.41) is 35.0. The van der Waals surface area contributed by atoms with Crippen LogP contribution in [0.15, 0.2) is 130 Å². The number of carbonyl (C=O) groups excluding carboxylic acids is 5. The van der Waals surface area contributed by atoms with E-state index in [0.717, 1.165) is 19.4 Å². The van der Waals surface area contributed by atoms with Gasteiger partial charge in [0.05, 0.1) is 11.5 Å². The van der Waals surface area contributed by atoms with Gasteiger partial charge in [-0.3, -0.25) is 37.9 Å². The number of H-pyrrole nitrogens is 1. The van der Waals surface area contributed by atoms with Gasteiger partial charge in [0.1, 0.15) is 40.7 Å². The third-order valence-corrected chi connectivity index (χ3v) is 15.5. The van der Waals surface area contributed by atoms with E-state index in [4.69, 9.17) is 9.47 Å². The van der Waals surface area contributed by atoms with E-state index in [9.17, 15) is 43.8 Å². The van der Waals surface area contributed by atoms with Gasteiger partial charge in [-0.2, -0.15) is 0 Å². The van der Waals surface area contributed by atoms with E-state index in [-0.39, 0.29) is 68.5 Å². The van der Waals surface area contributed by atoms with Gasteiger partial charge in [0.2, 0.25) is 17.7 Å². The Labute approximate surface area is 508 Å². The van der Waals surface area contributed by atoms with Crippen molar-refractivity contribution >= 4 is 82.9 Å². The molecule has 0 bridgehead atoms. The molecule has 8 N–H and O–H groups in total. The first kappa shape index (κ1) is 62.8. The van der Waals surface area contributed by atoms with Crippen LogP contribution >= 0.6 is 11.3 Å². The number of aromatic amines is 1. The molecule has 0 spiro atoms. The lowest BCUT2D eigenvalue weighted by molar-refractivity contribution is -0.360. The van der Waals surface area contributed by atoms with Crippen molar-refractivity contribution in [3.8, 4) is 28.6 Å². The first-order valence-corrected chi connectivity index (χ1v) is 29.9. The topological polar surface area (TPSA) is 285 Å². The second-order valence-electron chi connectivity index (χ2n) is 21.0. The summed E-state index contributed by atoms with van der Waals surface area (Å²) >= 11 is 1.41. The van der Waals surface area contributed by atoms with Crippen LogP contribution in [0.25, 0.3) is 40.8 Å². The molecule has 88 heavy (non-hydrogen) atoms. The lowest BCUT2D eigenvalue weighted by Crippen LogP contribution is -2.56. The maximum Gasteiger partial charge on any atom is 0.737 e. The Bertz CT molecular complexity index is 3910. The molecule has 2 aliphatic heterocycles. The van der Waals surface area contributed by atoms with E-state index in [1.165, 1.54) is 32.6 Å².